The Bertz CT molecular complexity index is 777. The van der Waals surface area contributed by atoms with E-state index in [4.69, 9.17) is 4.42 Å². The van der Waals surface area contributed by atoms with Crippen molar-refractivity contribution in [2.45, 2.75) is 26.2 Å². The van der Waals surface area contributed by atoms with E-state index in [1.165, 1.54) is 17.6 Å². The smallest absolute Gasteiger partial charge is 0.230 e. The molecule has 0 saturated heterocycles. The molecule has 0 aliphatic heterocycles. The van der Waals surface area contributed by atoms with E-state index in [1.54, 1.807) is 6.20 Å². The first-order valence-corrected chi connectivity index (χ1v) is 8.18. The van der Waals surface area contributed by atoms with Crippen LogP contribution in [0.4, 0.5) is 5.13 Å². The van der Waals surface area contributed by atoms with Crippen LogP contribution < -0.4 is 5.32 Å². The SMILES string of the molecule is CC(C)c1cnc(NC(=O)Cc2ccc(-c3ncco3)cc2)s1. The summed E-state index contributed by atoms with van der Waals surface area (Å²) in [6.07, 6.45) is 5.27. The maximum absolute atomic E-state index is 12.1. The molecule has 0 fully saturated rings. The average Bonchev–Trinajstić information content (AvgIpc) is 3.19. The number of amides is 1. The Labute approximate surface area is 138 Å². The van der Waals surface area contributed by atoms with E-state index in [9.17, 15) is 4.79 Å². The highest BCUT2D eigenvalue weighted by Gasteiger charge is 2.10. The summed E-state index contributed by atoms with van der Waals surface area (Å²) in [6.45, 7) is 4.21. The van der Waals surface area contributed by atoms with Crippen LogP contribution >= 0.6 is 11.3 Å². The van der Waals surface area contributed by atoms with Gasteiger partial charge in [0.1, 0.15) is 6.26 Å². The molecule has 3 rings (SSSR count). The highest BCUT2D eigenvalue weighted by molar-refractivity contribution is 7.15. The first-order chi connectivity index (χ1) is 11.1. The van der Waals surface area contributed by atoms with Crippen LogP contribution in [-0.4, -0.2) is 15.9 Å². The molecule has 23 heavy (non-hydrogen) atoms. The summed E-state index contributed by atoms with van der Waals surface area (Å²) < 4.78 is 5.24. The van der Waals surface area contributed by atoms with Crippen LogP contribution in [0.1, 0.15) is 30.2 Å². The standard InChI is InChI=1S/C17H17N3O2S/c1-11(2)14-10-19-17(23-14)20-15(21)9-12-3-5-13(6-4-12)16-18-7-8-22-16/h3-8,10-11H,9H2,1-2H3,(H,19,20,21). The molecule has 6 heteroatoms. The van der Waals surface area contributed by atoms with Crippen molar-refractivity contribution < 1.29 is 9.21 Å². The second-order valence-electron chi connectivity index (χ2n) is 5.48. The summed E-state index contributed by atoms with van der Waals surface area (Å²) >= 11 is 1.52. The van der Waals surface area contributed by atoms with Crippen molar-refractivity contribution in [3.05, 3.63) is 53.4 Å². The topological polar surface area (TPSA) is 68.0 Å². The quantitative estimate of drug-likeness (QED) is 0.766. The van der Waals surface area contributed by atoms with Gasteiger partial charge in [-0.2, -0.15) is 0 Å². The number of anilines is 1. The molecule has 0 radical (unpaired) electrons. The van der Waals surface area contributed by atoms with Crippen molar-refractivity contribution in [1.82, 2.24) is 9.97 Å². The molecule has 0 aliphatic rings. The number of aromatic nitrogens is 2. The zero-order valence-corrected chi connectivity index (χ0v) is 13.8. The van der Waals surface area contributed by atoms with Crippen molar-refractivity contribution in [2.24, 2.45) is 0 Å². The Morgan fingerprint density at radius 3 is 2.65 bits per heavy atom. The summed E-state index contributed by atoms with van der Waals surface area (Å²) in [4.78, 5) is 21.6. The number of nitrogens with zero attached hydrogens (tertiary/aromatic N) is 2. The molecule has 0 bridgehead atoms. The summed E-state index contributed by atoms with van der Waals surface area (Å²) in [7, 11) is 0. The van der Waals surface area contributed by atoms with Crippen LogP contribution in [0.25, 0.3) is 11.5 Å². The predicted octanol–water partition coefficient (Wildman–Crippen LogP) is 4.10. The molecular weight excluding hydrogens is 310 g/mol. The Balaban J connectivity index is 1.61. The Hall–Kier alpha value is -2.47. The molecule has 3 aromatic rings. The lowest BCUT2D eigenvalue weighted by Crippen LogP contribution is -2.14. The van der Waals surface area contributed by atoms with Gasteiger partial charge >= 0.3 is 0 Å². The zero-order valence-electron chi connectivity index (χ0n) is 12.9. The lowest BCUT2D eigenvalue weighted by atomic mass is 10.1. The Morgan fingerprint density at radius 1 is 1.26 bits per heavy atom. The highest BCUT2D eigenvalue weighted by atomic mass is 32.1. The third-order valence-corrected chi connectivity index (χ3v) is 4.55. The van der Waals surface area contributed by atoms with Gasteiger partial charge in [-0.25, -0.2) is 9.97 Å². The van der Waals surface area contributed by atoms with Gasteiger partial charge in [-0.05, 0) is 23.6 Å². The fraction of sp³-hybridized carbons (Fsp3) is 0.235. The molecule has 118 valence electrons. The van der Waals surface area contributed by atoms with Crippen LogP contribution in [0.3, 0.4) is 0 Å². The van der Waals surface area contributed by atoms with Crippen molar-refractivity contribution in [3.63, 3.8) is 0 Å². The maximum Gasteiger partial charge on any atom is 0.230 e. The summed E-state index contributed by atoms with van der Waals surface area (Å²) in [5.74, 6) is 0.921. The number of carbonyl (C=O) groups is 1. The van der Waals surface area contributed by atoms with E-state index in [-0.39, 0.29) is 5.91 Å². The van der Waals surface area contributed by atoms with Crippen molar-refractivity contribution in [2.75, 3.05) is 5.32 Å². The van der Waals surface area contributed by atoms with Crippen LogP contribution in [0.5, 0.6) is 0 Å². The number of benzene rings is 1. The third kappa shape index (κ3) is 3.84. The molecule has 2 heterocycles. The average molecular weight is 327 g/mol. The van der Waals surface area contributed by atoms with Gasteiger partial charge in [0, 0.05) is 16.6 Å². The van der Waals surface area contributed by atoms with E-state index in [0.29, 0.717) is 23.4 Å². The summed E-state index contributed by atoms with van der Waals surface area (Å²) in [5, 5.41) is 3.49. The number of oxazole rings is 1. The first kappa shape index (κ1) is 15.4. The zero-order chi connectivity index (χ0) is 16.2. The molecular formula is C17H17N3O2S. The molecule has 1 N–H and O–H groups in total. The monoisotopic (exact) mass is 327 g/mol. The number of hydrogen-bond donors (Lipinski definition) is 1. The lowest BCUT2D eigenvalue weighted by molar-refractivity contribution is -0.115. The molecule has 0 unspecified atom stereocenters. The number of rotatable bonds is 5. The minimum Gasteiger partial charge on any atom is -0.445 e. The number of hydrogen-bond acceptors (Lipinski definition) is 5. The largest absolute Gasteiger partial charge is 0.445 e. The molecule has 1 aromatic carbocycles. The highest BCUT2D eigenvalue weighted by Crippen LogP contribution is 2.25. The predicted molar refractivity (Wildman–Crippen MR) is 90.5 cm³/mol. The van der Waals surface area contributed by atoms with Gasteiger partial charge in [-0.15, -0.1) is 11.3 Å². The van der Waals surface area contributed by atoms with Crippen LogP contribution in [0.15, 0.2) is 47.3 Å². The molecule has 5 nitrogen and oxygen atoms in total. The molecule has 1 amide bonds. The van der Waals surface area contributed by atoms with E-state index in [1.807, 2.05) is 30.5 Å². The molecule has 0 aliphatic carbocycles. The number of carbonyl (C=O) groups excluding carboxylic acids is 1. The van der Waals surface area contributed by atoms with Crippen LogP contribution in [-0.2, 0) is 11.2 Å². The lowest BCUT2D eigenvalue weighted by Gasteiger charge is -2.03. The van der Waals surface area contributed by atoms with Crippen molar-refractivity contribution in [3.8, 4) is 11.5 Å². The number of nitrogens with one attached hydrogen (secondary N) is 1. The first-order valence-electron chi connectivity index (χ1n) is 7.36. The second kappa shape index (κ2) is 6.75. The Morgan fingerprint density at radius 2 is 2.04 bits per heavy atom. The third-order valence-electron chi connectivity index (χ3n) is 3.34. The Kier molecular flexibility index (Phi) is 4.52. The summed E-state index contributed by atoms with van der Waals surface area (Å²) in [6, 6.07) is 7.60. The van der Waals surface area contributed by atoms with Crippen molar-refractivity contribution >= 4 is 22.4 Å². The van der Waals surface area contributed by atoms with Gasteiger partial charge in [0.2, 0.25) is 11.8 Å². The van der Waals surface area contributed by atoms with E-state index >= 15 is 0 Å². The van der Waals surface area contributed by atoms with Gasteiger partial charge in [0.05, 0.1) is 12.6 Å². The van der Waals surface area contributed by atoms with Gasteiger partial charge < -0.3 is 9.73 Å². The van der Waals surface area contributed by atoms with E-state index in [0.717, 1.165) is 16.0 Å². The fourth-order valence-corrected chi connectivity index (χ4v) is 2.93. The minimum atomic E-state index is -0.0708. The normalized spacial score (nSPS) is 10.9. The maximum atomic E-state index is 12.1. The van der Waals surface area contributed by atoms with Crippen LogP contribution in [0, 0.1) is 0 Å². The van der Waals surface area contributed by atoms with Crippen LogP contribution in [0.2, 0.25) is 0 Å². The van der Waals surface area contributed by atoms with E-state index in [2.05, 4.69) is 29.1 Å². The molecule has 2 aromatic heterocycles. The van der Waals surface area contributed by atoms with Crippen molar-refractivity contribution in [1.29, 1.82) is 0 Å². The second-order valence-corrected chi connectivity index (χ2v) is 6.54. The van der Waals surface area contributed by atoms with E-state index < -0.39 is 0 Å². The van der Waals surface area contributed by atoms with Gasteiger partial charge in [-0.1, -0.05) is 26.0 Å². The number of thiazole rings is 1. The molecule has 0 spiro atoms. The van der Waals surface area contributed by atoms with Gasteiger partial charge in [0.25, 0.3) is 0 Å². The van der Waals surface area contributed by atoms with Gasteiger partial charge in [-0.3, -0.25) is 4.79 Å². The van der Waals surface area contributed by atoms with Gasteiger partial charge in [0.15, 0.2) is 5.13 Å². The summed E-state index contributed by atoms with van der Waals surface area (Å²) in [5.41, 5.74) is 1.82. The molecule has 0 atom stereocenters. The fourth-order valence-electron chi connectivity index (χ4n) is 2.09. The molecule has 0 saturated carbocycles. The minimum absolute atomic E-state index is 0.0708.